The number of hydroxylamine groups is 1. The Balaban J connectivity index is 2.99. The molecule has 0 radical (unpaired) electrons. The van der Waals surface area contributed by atoms with Gasteiger partial charge in [0.2, 0.25) is 0 Å². The van der Waals surface area contributed by atoms with Crippen molar-refractivity contribution in [3.63, 3.8) is 0 Å². The number of rotatable bonds is 4. The van der Waals surface area contributed by atoms with Crippen LogP contribution in [0.15, 0.2) is 12.1 Å². The van der Waals surface area contributed by atoms with Gasteiger partial charge in [0.25, 0.3) is 0 Å². The van der Waals surface area contributed by atoms with Crippen molar-refractivity contribution in [2.45, 2.75) is 6.54 Å². The van der Waals surface area contributed by atoms with E-state index in [-0.39, 0.29) is 5.75 Å². The molecule has 0 unspecified atom stereocenters. The van der Waals surface area contributed by atoms with Crippen molar-refractivity contribution in [2.75, 3.05) is 14.2 Å². The van der Waals surface area contributed by atoms with E-state index in [0.717, 1.165) is 0 Å². The normalized spacial score (nSPS) is 10.2. The monoisotopic (exact) mass is 217 g/mol. The fraction of sp³-hybridized carbons (Fsp3) is 0.333. The van der Waals surface area contributed by atoms with Crippen molar-refractivity contribution < 1.29 is 14.7 Å². The third-order valence-corrected chi connectivity index (χ3v) is 2.16. The number of ether oxygens (including phenoxy) is 1. The highest BCUT2D eigenvalue weighted by Crippen LogP contribution is 2.34. The number of phenolic OH excluding ortho intramolecular Hbond substituents is 1. The molecule has 0 atom stereocenters. The van der Waals surface area contributed by atoms with Gasteiger partial charge in [-0.3, -0.25) is 0 Å². The number of nitrogens with one attached hydrogen (secondary N) is 1. The fourth-order valence-corrected chi connectivity index (χ4v) is 1.29. The summed E-state index contributed by atoms with van der Waals surface area (Å²) in [6.45, 7) is 0.318. The Morgan fingerprint density at radius 1 is 1.43 bits per heavy atom. The Hall–Kier alpha value is -0.970. The molecule has 0 heterocycles. The fourth-order valence-electron chi connectivity index (χ4n) is 1.07. The van der Waals surface area contributed by atoms with E-state index >= 15 is 0 Å². The Morgan fingerprint density at radius 2 is 2.14 bits per heavy atom. The summed E-state index contributed by atoms with van der Waals surface area (Å²) in [7, 11) is 2.97. The summed E-state index contributed by atoms with van der Waals surface area (Å²) in [5.74, 6) is 0.423. The Morgan fingerprint density at radius 3 is 2.71 bits per heavy atom. The maximum atomic E-state index is 9.69. The van der Waals surface area contributed by atoms with E-state index in [1.54, 1.807) is 12.1 Å². The van der Waals surface area contributed by atoms with Crippen LogP contribution in [-0.2, 0) is 11.4 Å². The van der Waals surface area contributed by atoms with Crippen LogP contribution in [0, 0.1) is 0 Å². The number of aromatic hydroxyl groups is 1. The van der Waals surface area contributed by atoms with E-state index in [9.17, 15) is 5.11 Å². The van der Waals surface area contributed by atoms with Crippen molar-refractivity contribution in [2.24, 2.45) is 0 Å². The summed E-state index contributed by atoms with van der Waals surface area (Å²) < 4.78 is 4.94. The Labute approximate surface area is 87.4 Å². The minimum atomic E-state index is 0.0320. The highest BCUT2D eigenvalue weighted by atomic mass is 35.5. The van der Waals surface area contributed by atoms with Crippen molar-refractivity contribution in [1.82, 2.24) is 5.48 Å². The van der Waals surface area contributed by atoms with Crippen LogP contribution >= 0.6 is 11.6 Å². The van der Waals surface area contributed by atoms with Crippen LogP contribution in [0.5, 0.6) is 11.5 Å². The molecule has 0 saturated heterocycles. The first kappa shape index (κ1) is 11.1. The predicted octanol–water partition coefficient (Wildman–Crippen LogP) is 1.71. The van der Waals surface area contributed by atoms with E-state index in [0.29, 0.717) is 22.9 Å². The molecule has 0 aromatic heterocycles. The van der Waals surface area contributed by atoms with Crippen molar-refractivity contribution in [3.8, 4) is 11.5 Å². The molecule has 0 spiro atoms. The second-order valence-corrected chi connectivity index (χ2v) is 3.01. The van der Waals surface area contributed by atoms with Gasteiger partial charge in [0.1, 0.15) is 0 Å². The summed E-state index contributed by atoms with van der Waals surface area (Å²) in [5.41, 5.74) is 3.15. The molecule has 2 N–H and O–H groups in total. The second-order valence-electron chi connectivity index (χ2n) is 2.60. The van der Waals surface area contributed by atoms with Gasteiger partial charge in [-0.15, -0.1) is 0 Å². The number of hydrogen-bond donors (Lipinski definition) is 2. The average molecular weight is 218 g/mol. The molecule has 14 heavy (non-hydrogen) atoms. The molecular formula is C9H12ClNO3. The van der Waals surface area contributed by atoms with Gasteiger partial charge in [-0.1, -0.05) is 11.6 Å². The van der Waals surface area contributed by atoms with Gasteiger partial charge in [-0.25, -0.2) is 0 Å². The first-order valence-electron chi connectivity index (χ1n) is 4.01. The minimum absolute atomic E-state index is 0.0320. The van der Waals surface area contributed by atoms with Crippen LogP contribution in [0.4, 0.5) is 0 Å². The molecule has 0 saturated carbocycles. The lowest BCUT2D eigenvalue weighted by Gasteiger charge is -2.10. The summed E-state index contributed by atoms with van der Waals surface area (Å²) in [6, 6.07) is 3.26. The summed E-state index contributed by atoms with van der Waals surface area (Å²) in [5, 5.41) is 10.2. The van der Waals surface area contributed by atoms with Gasteiger partial charge in [-0.2, -0.15) is 5.48 Å². The third kappa shape index (κ3) is 2.29. The van der Waals surface area contributed by atoms with Crippen LogP contribution in [0.1, 0.15) is 5.56 Å². The van der Waals surface area contributed by atoms with Gasteiger partial charge in [0.05, 0.1) is 20.8 Å². The molecule has 0 aliphatic carbocycles. The van der Waals surface area contributed by atoms with E-state index in [1.165, 1.54) is 14.2 Å². The number of benzene rings is 1. The molecule has 0 fully saturated rings. The smallest absolute Gasteiger partial charge is 0.163 e. The van der Waals surface area contributed by atoms with Gasteiger partial charge in [-0.05, 0) is 12.1 Å². The SMILES string of the molecule is CONCc1c(Cl)ccc(OC)c1O. The van der Waals surface area contributed by atoms with Crippen molar-refractivity contribution >= 4 is 11.6 Å². The standard InChI is InChI=1S/C9H12ClNO3/c1-13-8-4-3-7(10)6(9(8)12)5-11-14-2/h3-4,11-12H,5H2,1-2H3. The molecule has 1 aromatic rings. The number of phenols is 1. The molecular weight excluding hydrogens is 206 g/mol. The summed E-state index contributed by atoms with van der Waals surface area (Å²) in [6.07, 6.45) is 0. The van der Waals surface area contributed by atoms with Crippen molar-refractivity contribution in [3.05, 3.63) is 22.7 Å². The largest absolute Gasteiger partial charge is 0.504 e. The van der Waals surface area contributed by atoms with E-state index in [4.69, 9.17) is 16.3 Å². The first-order valence-corrected chi connectivity index (χ1v) is 4.38. The molecule has 4 nitrogen and oxygen atoms in total. The highest BCUT2D eigenvalue weighted by molar-refractivity contribution is 6.31. The first-order chi connectivity index (χ1) is 6.70. The predicted molar refractivity (Wildman–Crippen MR) is 53.5 cm³/mol. The Bertz CT molecular complexity index is 317. The zero-order chi connectivity index (χ0) is 10.6. The summed E-state index contributed by atoms with van der Waals surface area (Å²) in [4.78, 5) is 4.67. The molecule has 0 aliphatic heterocycles. The van der Waals surface area contributed by atoms with Gasteiger partial charge < -0.3 is 14.7 Å². The topological polar surface area (TPSA) is 50.7 Å². The minimum Gasteiger partial charge on any atom is -0.504 e. The maximum absolute atomic E-state index is 9.69. The van der Waals surface area contributed by atoms with Crippen LogP contribution in [0.2, 0.25) is 5.02 Å². The summed E-state index contributed by atoms with van der Waals surface area (Å²) >= 11 is 5.88. The van der Waals surface area contributed by atoms with Gasteiger partial charge >= 0.3 is 0 Å². The Kier molecular flexibility index (Phi) is 4.00. The lowest BCUT2D eigenvalue weighted by atomic mass is 10.2. The lowest BCUT2D eigenvalue weighted by Crippen LogP contribution is -2.11. The van der Waals surface area contributed by atoms with Crippen LogP contribution in [0.3, 0.4) is 0 Å². The number of halogens is 1. The quantitative estimate of drug-likeness (QED) is 0.754. The number of methoxy groups -OCH3 is 1. The molecule has 0 aliphatic rings. The maximum Gasteiger partial charge on any atom is 0.163 e. The third-order valence-electron chi connectivity index (χ3n) is 1.80. The second kappa shape index (κ2) is 5.05. The lowest BCUT2D eigenvalue weighted by molar-refractivity contribution is 0.0861. The zero-order valence-corrected chi connectivity index (χ0v) is 8.76. The molecule has 0 amide bonds. The molecule has 1 rings (SSSR count). The molecule has 0 bridgehead atoms. The highest BCUT2D eigenvalue weighted by Gasteiger charge is 2.11. The van der Waals surface area contributed by atoms with E-state index < -0.39 is 0 Å². The van der Waals surface area contributed by atoms with Crippen LogP contribution in [0.25, 0.3) is 0 Å². The molecule has 5 heteroatoms. The van der Waals surface area contributed by atoms with Crippen LogP contribution < -0.4 is 10.2 Å². The van der Waals surface area contributed by atoms with Gasteiger partial charge in [0.15, 0.2) is 11.5 Å². The van der Waals surface area contributed by atoms with Crippen LogP contribution in [-0.4, -0.2) is 19.3 Å². The van der Waals surface area contributed by atoms with Crippen molar-refractivity contribution in [1.29, 1.82) is 0 Å². The van der Waals surface area contributed by atoms with Gasteiger partial charge in [0, 0.05) is 10.6 Å². The average Bonchev–Trinajstić information content (AvgIpc) is 2.18. The van der Waals surface area contributed by atoms with E-state index in [2.05, 4.69) is 10.3 Å². The van der Waals surface area contributed by atoms with E-state index in [1.807, 2.05) is 0 Å². The zero-order valence-electron chi connectivity index (χ0n) is 8.00. The number of hydrogen-bond acceptors (Lipinski definition) is 4. The molecule has 78 valence electrons. The molecule has 1 aromatic carbocycles.